The van der Waals surface area contributed by atoms with Crippen LogP contribution in [0.3, 0.4) is 0 Å². The summed E-state index contributed by atoms with van der Waals surface area (Å²) in [6.07, 6.45) is 2.23. The average molecular weight is 388 g/mol. The number of carbonyl (C=O) groups is 2. The standard InChI is InChI=1S/C20H18ClNO3S/c1-3-18(26-14-10-8-13(21)9-11-14)19(23)22-12-16(20(24)25-2)15-6-4-5-7-17(15)22/h4-12,18H,3H2,1-2H3/t18-/m1/s1. The van der Waals surface area contributed by atoms with E-state index >= 15 is 0 Å². The Bertz CT molecular complexity index is 949. The number of hydrogen-bond acceptors (Lipinski definition) is 4. The van der Waals surface area contributed by atoms with E-state index in [-0.39, 0.29) is 11.2 Å². The van der Waals surface area contributed by atoms with Gasteiger partial charge in [0.2, 0.25) is 5.91 Å². The molecule has 0 spiro atoms. The molecule has 0 bridgehead atoms. The Morgan fingerprint density at radius 2 is 1.85 bits per heavy atom. The Morgan fingerprint density at radius 3 is 2.50 bits per heavy atom. The van der Waals surface area contributed by atoms with E-state index in [4.69, 9.17) is 16.3 Å². The molecule has 2 aromatic carbocycles. The molecule has 0 saturated carbocycles. The van der Waals surface area contributed by atoms with E-state index in [1.165, 1.54) is 18.9 Å². The summed E-state index contributed by atoms with van der Waals surface area (Å²) in [7, 11) is 1.33. The number of carbonyl (C=O) groups excluding carboxylic acids is 2. The van der Waals surface area contributed by atoms with Gasteiger partial charge in [-0.2, -0.15) is 0 Å². The van der Waals surface area contributed by atoms with Crippen LogP contribution in [0.1, 0.15) is 28.5 Å². The maximum Gasteiger partial charge on any atom is 0.340 e. The van der Waals surface area contributed by atoms with Crippen molar-refractivity contribution in [3.05, 3.63) is 65.3 Å². The Hall–Kier alpha value is -2.24. The topological polar surface area (TPSA) is 48.3 Å². The van der Waals surface area contributed by atoms with E-state index < -0.39 is 5.97 Å². The van der Waals surface area contributed by atoms with Crippen molar-refractivity contribution in [1.29, 1.82) is 0 Å². The molecular weight excluding hydrogens is 370 g/mol. The zero-order valence-corrected chi connectivity index (χ0v) is 16.0. The van der Waals surface area contributed by atoms with Crippen molar-refractivity contribution in [3.8, 4) is 0 Å². The summed E-state index contributed by atoms with van der Waals surface area (Å²) >= 11 is 7.42. The lowest BCUT2D eigenvalue weighted by Crippen LogP contribution is -2.23. The molecule has 0 aliphatic rings. The van der Waals surface area contributed by atoms with Gasteiger partial charge in [0.25, 0.3) is 0 Å². The number of rotatable bonds is 5. The summed E-state index contributed by atoms with van der Waals surface area (Å²) < 4.78 is 6.40. The Kier molecular flexibility index (Phi) is 5.69. The normalized spacial score (nSPS) is 12.1. The minimum Gasteiger partial charge on any atom is -0.465 e. The summed E-state index contributed by atoms with van der Waals surface area (Å²) in [5, 5.41) is 1.09. The number of thioether (sulfide) groups is 1. The minimum absolute atomic E-state index is 0.0706. The van der Waals surface area contributed by atoms with Crippen molar-refractivity contribution < 1.29 is 14.3 Å². The summed E-state index contributed by atoms with van der Waals surface area (Å²) in [4.78, 5) is 26.2. The third-order valence-corrected chi connectivity index (χ3v) is 5.71. The van der Waals surface area contributed by atoms with E-state index in [0.717, 1.165) is 4.90 Å². The van der Waals surface area contributed by atoms with Crippen molar-refractivity contribution in [3.63, 3.8) is 0 Å². The molecule has 1 atom stereocenters. The van der Waals surface area contributed by atoms with E-state index in [9.17, 15) is 9.59 Å². The summed E-state index contributed by atoms with van der Waals surface area (Å²) in [5.41, 5.74) is 1.09. The second-order valence-corrected chi connectivity index (χ2v) is 7.44. The predicted molar refractivity (Wildman–Crippen MR) is 105 cm³/mol. The molecule has 4 nitrogen and oxygen atoms in total. The Morgan fingerprint density at radius 1 is 1.15 bits per heavy atom. The van der Waals surface area contributed by atoms with E-state index in [1.807, 2.05) is 55.5 Å². The lowest BCUT2D eigenvalue weighted by Gasteiger charge is -2.15. The molecule has 0 fully saturated rings. The molecule has 0 radical (unpaired) electrons. The first-order chi connectivity index (χ1) is 12.5. The fourth-order valence-electron chi connectivity index (χ4n) is 2.78. The van der Waals surface area contributed by atoms with Crippen molar-refractivity contribution in [2.75, 3.05) is 7.11 Å². The zero-order valence-electron chi connectivity index (χ0n) is 14.4. The third kappa shape index (κ3) is 3.64. The Labute approximate surface area is 161 Å². The van der Waals surface area contributed by atoms with Crippen LogP contribution in [0.4, 0.5) is 0 Å². The monoisotopic (exact) mass is 387 g/mol. The van der Waals surface area contributed by atoms with Crippen molar-refractivity contribution in [2.45, 2.75) is 23.5 Å². The highest BCUT2D eigenvalue weighted by molar-refractivity contribution is 8.00. The van der Waals surface area contributed by atoms with Crippen molar-refractivity contribution >= 4 is 46.1 Å². The largest absolute Gasteiger partial charge is 0.465 e. The second kappa shape index (κ2) is 7.98. The van der Waals surface area contributed by atoms with E-state index in [2.05, 4.69) is 0 Å². The first-order valence-corrected chi connectivity index (χ1v) is 9.45. The van der Waals surface area contributed by atoms with Crippen molar-refractivity contribution in [1.82, 2.24) is 4.57 Å². The summed E-state index contributed by atoms with van der Waals surface area (Å²) in [6.45, 7) is 1.97. The van der Waals surface area contributed by atoms with Gasteiger partial charge in [-0.3, -0.25) is 9.36 Å². The molecular formula is C20H18ClNO3S. The van der Waals surface area contributed by atoms with Crippen molar-refractivity contribution in [2.24, 2.45) is 0 Å². The van der Waals surface area contributed by atoms with Crippen LogP contribution in [0.15, 0.2) is 59.6 Å². The maximum atomic E-state index is 13.1. The highest BCUT2D eigenvalue weighted by Crippen LogP contribution is 2.30. The van der Waals surface area contributed by atoms with Crippen LogP contribution in [-0.4, -0.2) is 28.8 Å². The molecule has 1 aromatic heterocycles. The van der Waals surface area contributed by atoms with Crippen LogP contribution in [0.5, 0.6) is 0 Å². The number of aromatic nitrogens is 1. The number of esters is 1. The first-order valence-electron chi connectivity index (χ1n) is 8.20. The number of fused-ring (bicyclic) bond motifs is 1. The highest BCUT2D eigenvalue weighted by atomic mass is 35.5. The predicted octanol–water partition coefficient (Wildman–Crippen LogP) is 5.29. The molecule has 1 heterocycles. The zero-order chi connectivity index (χ0) is 18.7. The first kappa shape index (κ1) is 18.5. The lowest BCUT2D eigenvalue weighted by molar-refractivity contribution is 0.0603. The average Bonchev–Trinajstić information content (AvgIpc) is 3.06. The molecule has 6 heteroatoms. The van der Waals surface area contributed by atoms with Gasteiger partial charge in [0.1, 0.15) is 0 Å². The maximum absolute atomic E-state index is 13.1. The fourth-order valence-corrected chi connectivity index (χ4v) is 3.90. The van der Waals surface area contributed by atoms with Gasteiger partial charge in [0, 0.05) is 21.5 Å². The third-order valence-electron chi connectivity index (χ3n) is 4.09. The molecule has 3 aromatic rings. The summed E-state index contributed by atoms with van der Waals surface area (Å²) in [6, 6.07) is 14.7. The molecule has 3 rings (SSSR count). The molecule has 0 aliphatic carbocycles. The highest BCUT2D eigenvalue weighted by Gasteiger charge is 2.24. The van der Waals surface area contributed by atoms with Gasteiger partial charge in [-0.15, -0.1) is 11.8 Å². The summed E-state index contributed by atoms with van der Waals surface area (Å²) in [5.74, 6) is -0.523. The molecule has 0 amide bonds. The molecule has 0 saturated heterocycles. The van der Waals surface area contributed by atoms with Gasteiger partial charge < -0.3 is 4.74 Å². The van der Waals surface area contributed by atoms with Crippen LogP contribution >= 0.6 is 23.4 Å². The number of ether oxygens (including phenoxy) is 1. The second-order valence-electron chi connectivity index (χ2n) is 5.73. The molecule has 0 aliphatic heterocycles. The smallest absolute Gasteiger partial charge is 0.340 e. The number of halogens is 1. The van der Waals surface area contributed by atoms with Gasteiger partial charge in [0.15, 0.2) is 0 Å². The number of methoxy groups -OCH3 is 1. The molecule has 0 unspecified atom stereocenters. The quantitative estimate of drug-likeness (QED) is 0.440. The van der Waals surface area contributed by atoms with Crippen LogP contribution in [0.25, 0.3) is 10.9 Å². The fraction of sp³-hybridized carbons (Fsp3) is 0.200. The Balaban J connectivity index is 1.97. The van der Waals surface area contributed by atoms with Crippen LogP contribution < -0.4 is 0 Å². The molecule has 26 heavy (non-hydrogen) atoms. The molecule has 134 valence electrons. The minimum atomic E-state index is -0.453. The van der Waals surface area contributed by atoms with Gasteiger partial charge in [-0.25, -0.2) is 4.79 Å². The van der Waals surface area contributed by atoms with Gasteiger partial charge in [-0.05, 0) is 36.8 Å². The van der Waals surface area contributed by atoms with Gasteiger partial charge >= 0.3 is 5.97 Å². The van der Waals surface area contributed by atoms with E-state index in [1.54, 1.807) is 10.8 Å². The SMILES string of the molecule is CC[C@@H](Sc1ccc(Cl)cc1)C(=O)n1cc(C(=O)OC)c2ccccc21. The van der Waals surface area contributed by atoms with Crippen LogP contribution in [0.2, 0.25) is 5.02 Å². The molecule has 0 N–H and O–H groups in total. The van der Waals surface area contributed by atoms with Gasteiger partial charge in [0.05, 0.1) is 23.4 Å². The van der Waals surface area contributed by atoms with Crippen LogP contribution in [0, 0.1) is 0 Å². The van der Waals surface area contributed by atoms with Gasteiger partial charge in [-0.1, -0.05) is 36.7 Å². The number of benzene rings is 2. The van der Waals surface area contributed by atoms with Crippen LogP contribution in [-0.2, 0) is 4.74 Å². The number of para-hydroxylation sites is 1. The van der Waals surface area contributed by atoms with E-state index in [0.29, 0.717) is 27.9 Å². The number of nitrogens with zero attached hydrogens (tertiary/aromatic N) is 1. The number of hydrogen-bond donors (Lipinski definition) is 0. The lowest BCUT2D eigenvalue weighted by atomic mass is 10.2.